The van der Waals surface area contributed by atoms with Crippen molar-refractivity contribution in [2.45, 2.75) is 27.3 Å². The van der Waals surface area contributed by atoms with Crippen molar-refractivity contribution >= 4 is 11.8 Å². The molecule has 1 heterocycles. The summed E-state index contributed by atoms with van der Waals surface area (Å²) in [6, 6.07) is 3.52. The van der Waals surface area contributed by atoms with Gasteiger partial charge in [0.1, 0.15) is 17.6 Å². The number of carbonyl (C=O) groups is 2. The van der Waals surface area contributed by atoms with E-state index in [1.54, 1.807) is 0 Å². The molecular weight excluding hydrogens is 290 g/mol. The molecule has 1 saturated heterocycles. The highest BCUT2D eigenvalue weighted by Gasteiger charge is 2.45. The van der Waals surface area contributed by atoms with Crippen LogP contribution in [0.1, 0.15) is 26.3 Å². The van der Waals surface area contributed by atoms with Gasteiger partial charge in [0.15, 0.2) is 0 Å². The maximum Gasteiger partial charge on any atom is 0.233 e. The predicted molar refractivity (Wildman–Crippen MR) is 77.6 cm³/mol. The molecule has 2 atom stereocenters. The van der Waals surface area contributed by atoms with Gasteiger partial charge in [-0.15, -0.1) is 0 Å². The molecule has 6 heteroatoms. The van der Waals surface area contributed by atoms with Gasteiger partial charge >= 0.3 is 0 Å². The van der Waals surface area contributed by atoms with E-state index in [9.17, 15) is 18.4 Å². The van der Waals surface area contributed by atoms with Crippen LogP contribution in [0.3, 0.4) is 0 Å². The molecule has 2 rings (SSSR count). The van der Waals surface area contributed by atoms with Crippen LogP contribution < -0.4 is 10.6 Å². The van der Waals surface area contributed by atoms with E-state index < -0.39 is 23.5 Å². The summed E-state index contributed by atoms with van der Waals surface area (Å²) in [6.07, 6.45) is 0. The maximum absolute atomic E-state index is 13.6. The molecule has 4 nitrogen and oxygen atoms in total. The van der Waals surface area contributed by atoms with Gasteiger partial charge in [-0.1, -0.05) is 26.8 Å². The van der Waals surface area contributed by atoms with Crippen molar-refractivity contribution in [3.05, 3.63) is 35.4 Å². The van der Waals surface area contributed by atoms with Crippen molar-refractivity contribution in [3.8, 4) is 0 Å². The first-order valence-corrected chi connectivity index (χ1v) is 7.20. The van der Waals surface area contributed by atoms with Crippen LogP contribution in [0.5, 0.6) is 0 Å². The third kappa shape index (κ3) is 3.26. The molecule has 1 aliphatic heterocycles. The summed E-state index contributed by atoms with van der Waals surface area (Å²) in [5.74, 6) is -3.28. The minimum atomic E-state index is -0.838. The van der Waals surface area contributed by atoms with E-state index >= 15 is 0 Å². The Labute approximate surface area is 128 Å². The van der Waals surface area contributed by atoms with Crippen LogP contribution in [-0.4, -0.2) is 18.4 Å². The number of hydrogen-bond donors (Lipinski definition) is 2. The van der Waals surface area contributed by atoms with Crippen molar-refractivity contribution < 1.29 is 18.4 Å². The number of nitrogens with one attached hydrogen (secondary N) is 2. The second kappa shape index (κ2) is 6.02. The standard InChI is InChI=1S/C16H20F2N2O2/c1-16(2,3)10-8-20-15(22)13(10)14(21)19-7-9-11(17)5-4-6-12(9)18/h4-6,10,13H,7-8H2,1-3H3,(H,19,21)(H,20,22)/t10-,13+/m1/s1. The lowest BCUT2D eigenvalue weighted by atomic mass is 9.74. The molecule has 0 aliphatic carbocycles. The van der Waals surface area contributed by atoms with Crippen LogP contribution in [-0.2, 0) is 16.1 Å². The lowest BCUT2D eigenvalue weighted by Gasteiger charge is -2.29. The molecule has 0 unspecified atom stereocenters. The Morgan fingerprint density at radius 3 is 2.45 bits per heavy atom. The summed E-state index contributed by atoms with van der Waals surface area (Å²) in [4.78, 5) is 24.2. The molecule has 2 N–H and O–H groups in total. The fourth-order valence-corrected chi connectivity index (χ4v) is 2.72. The highest BCUT2D eigenvalue weighted by Crippen LogP contribution is 2.35. The third-order valence-corrected chi connectivity index (χ3v) is 4.08. The average molecular weight is 310 g/mol. The van der Waals surface area contributed by atoms with Gasteiger partial charge in [0.2, 0.25) is 11.8 Å². The highest BCUT2D eigenvalue weighted by molar-refractivity contribution is 6.02. The monoisotopic (exact) mass is 310 g/mol. The Morgan fingerprint density at radius 2 is 1.91 bits per heavy atom. The number of hydrogen-bond acceptors (Lipinski definition) is 2. The Kier molecular flexibility index (Phi) is 4.49. The molecule has 0 aromatic heterocycles. The van der Waals surface area contributed by atoms with E-state index in [4.69, 9.17) is 0 Å². The smallest absolute Gasteiger partial charge is 0.233 e. The second-order valence-electron chi connectivity index (χ2n) is 6.61. The van der Waals surface area contributed by atoms with Crippen molar-refractivity contribution in [3.63, 3.8) is 0 Å². The summed E-state index contributed by atoms with van der Waals surface area (Å²) in [7, 11) is 0. The number of carbonyl (C=O) groups excluding carboxylic acids is 2. The van der Waals surface area contributed by atoms with Crippen LogP contribution in [0.15, 0.2) is 18.2 Å². The van der Waals surface area contributed by atoms with Crippen LogP contribution in [0, 0.1) is 28.9 Å². The summed E-state index contributed by atoms with van der Waals surface area (Å²) in [5.41, 5.74) is -0.439. The molecule has 0 radical (unpaired) electrons. The molecule has 1 aromatic carbocycles. The van der Waals surface area contributed by atoms with E-state index in [-0.39, 0.29) is 29.3 Å². The van der Waals surface area contributed by atoms with Gasteiger partial charge < -0.3 is 10.6 Å². The number of halogens is 2. The molecule has 120 valence electrons. The molecule has 0 bridgehead atoms. The minimum absolute atomic E-state index is 0.162. The van der Waals surface area contributed by atoms with Crippen LogP contribution in [0.2, 0.25) is 0 Å². The van der Waals surface area contributed by atoms with E-state index in [1.165, 1.54) is 6.07 Å². The minimum Gasteiger partial charge on any atom is -0.355 e. The summed E-state index contributed by atoms with van der Waals surface area (Å²) >= 11 is 0. The first-order chi connectivity index (χ1) is 10.2. The highest BCUT2D eigenvalue weighted by atomic mass is 19.1. The van der Waals surface area contributed by atoms with Gasteiger partial charge in [-0.2, -0.15) is 0 Å². The topological polar surface area (TPSA) is 58.2 Å². The zero-order valence-electron chi connectivity index (χ0n) is 12.9. The SMILES string of the molecule is CC(C)(C)[C@@H]1CNC(=O)[C@@H]1C(=O)NCc1c(F)cccc1F. The lowest BCUT2D eigenvalue weighted by molar-refractivity contribution is -0.135. The van der Waals surface area contributed by atoms with Crippen LogP contribution in [0.25, 0.3) is 0 Å². The van der Waals surface area contributed by atoms with Gasteiger partial charge in [-0.05, 0) is 17.5 Å². The molecule has 1 fully saturated rings. The Bertz CT molecular complexity index is 576. The van der Waals surface area contributed by atoms with E-state index in [0.29, 0.717) is 6.54 Å². The lowest BCUT2D eigenvalue weighted by Crippen LogP contribution is -2.40. The fraction of sp³-hybridized carbons (Fsp3) is 0.500. The van der Waals surface area contributed by atoms with Crippen molar-refractivity contribution in [2.75, 3.05) is 6.54 Å². The summed E-state index contributed by atoms with van der Waals surface area (Å²) in [5, 5.41) is 5.16. The number of amides is 2. The molecule has 1 aliphatic rings. The van der Waals surface area contributed by atoms with Crippen molar-refractivity contribution in [1.82, 2.24) is 10.6 Å². The zero-order chi connectivity index (χ0) is 16.5. The molecule has 1 aromatic rings. The first kappa shape index (κ1) is 16.4. The normalized spacial score (nSPS) is 21.6. The van der Waals surface area contributed by atoms with E-state index in [0.717, 1.165) is 12.1 Å². The Hall–Kier alpha value is -1.98. The second-order valence-corrected chi connectivity index (χ2v) is 6.61. The van der Waals surface area contributed by atoms with Crippen molar-refractivity contribution in [2.24, 2.45) is 17.3 Å². The molecule has 2 amide bonds. The zero-order valence-corrected chi connectivity index (χ0v) is 12.9. The predicted octanol–water partition coefficient (Wildman–Crippen LogP) is 1.99. The van der Waals surface area contributed by atoms with E-state index in [2.05, 4.69) is 10.6 Å². The first-order valence-electron chi connectivity index (χ1n) is 7.20. The third-order valence-electron chi connectivity index (χ3n) is 4.08. The average Bonchev–Trinajstić information content (AvgIpc) is 2.80. The van der Waals surface area contributed by atoms with Gasteiger partial charge in [0, 0.05) is 24.6 Å². The summed E-state index contributed by atoms with van der Waals surface area (Å²) < 4.78 is 27.1. The molecule has 0 spiro atoms. The fourth-order valence-electron chi connectivity index (χ4n) is 2.72. The number of rotatable bonds is 3. The van der Waals surface area contributed by atoms with Gasteiger partial charge in [-0.3, -0.25) is 9.59 Å². The molecule has 22 heavy (non-hydrogen) atoms. The molecular formula is C16H20F2N2O2. The Morgan fingerprint density at radius 1 is 1.32 bits per heavy atom. The van der Waals surface area contributed by atoms with Crippen molar-refractivity contribution in [1.29, 1.82) is 0 Å². The number of benzene rings is 1. The van der Waals surface area contributed by atoms with Crippen LogP contribution in [0.4, 0.5) is 8.78 Å². The quantitative estimate of drug-likeness (QED) is 0.839. The molecule has 0 saturated carbocycles. The summed E-state index contributed by atoms with van der Waals surface area (Å²) in [6.45, 7) is 6.00. The largest absolute Gasteiger partial charge is 0.355 e. The van der Waals surface area contributed by atoms with Gasteiger partial charge in [0.25, 0.3) is 0 Å². The van der Waals surface area contributed by atoms with Gasteiger partial charge in [0.05, 0.1) is 0 Å². The maximum atomic E-state index is 13.6. The van der Waals surface area contributed by atoms with Gasteiger partial charge in [-0.25, -0.2) is 8.78 Å². The Balaban J connectivity index is 2.10. The van der Waals surface area contributed by atoms with E-state index in [1.807, 2.05) is 20.8 Å². The van der Waals surface area contributed by atoms with Crippen LogP contribution >= 0.6 is 0 Å².